The van der Waals surface area contributed by atoms with Crippen molar-refractivity contribution < 1.29 is 49.8 Å². The molecule has 0 spiro atoms. The first-order valence-corrected chi connectivity index (χ1v) is 11.1. The molecule has 0 aliphatic rings. The van der Waals surface area contributed by atoms with E-state index in [0.29, 0.717) is 11.1 Å². The summed E-state index contributed by atoms with van der Waals surface area (Å²) >= 11 is 0. The van der Waals surface area contributed by atoms with Gasteiger partial charge in [0.05, 0.1) is 5.56 Å². The zero-order valence-corrected chi connectivity index (χ0v) is 20.5. The highest BCUT2D eigenvalue weighted by Crippen LogP contribution is 2.27. The van der Waals surface area contributed by atoms with Crippen molar-refractivity contribution >= 4 is 11.9 Å². The molecule has 0 saturated heterocycles. The molecule has 0 fully saturated rings. The van der Waals surface area contributed by atoms with Crippen LogP contribution in [0.4, 0.5) is 30.7 Å². The lowest BCUT2D eigenvalue weighted by molar-refractivity contribution is -0.143. The van der Waals surface area contributed by atoms with Crippen LogP contribution in [0, 0.1) is 29.5 Å². The van der Waals surface area contributed by atoms with Crippen molar-refractivity contribution in [3.8, 4) is 35.2 Å². The lowest BCUT2D eigenvalue weighted by Crippen LogP contribution is -2.23. The molecule has 0 saturated carbocycles. The molecule has 3 aromatic rings. The minimum Gasteiger partial charge on any atom is -0.423 e. The third-order valence-electron chi connectivity index (χ3n) is 4.97. The minimum atomic E-state index is -4.92. The van der Waals surface area contributed by atoms with Gasteiger partial charge in [-0.25, -0.2) is 14.0 Å². The van der Waals surface area contributed by atoms with Crippen LogP contribution < -0.4 is 9.47 Å². The number of carbonyl (C=O) groups excluding carboxylic acids is 2. The van der Waals surface area contributed by atoms with Gasteiger partial charge in [-0.2, -0.15) is 26.3 Å². The fraction of sp³-hybridized carbons (Fsp3) is 0.0667. The number of rotatable bonds is 4. The summed E-state index contributed by atoms with van der Waals surface area (Å²) in [5.41, 5.74) is -2.22. The van der Waals surface area contributed by atoms with E-state index in [9.17, 15) is 40.3 Å². The monoisotopic (exact) mass is 572 g/mol. The largest absolute Gasteiger partial charge is 0.423 e. The molecular weight excluding hydrogens is 557 g/mol. The van der Waals surface area contributed by atoms with Crippen molar-refractivity contribution in [2.75, 3.05) is 0 Å². The van der Waals surface area contributed by atoms with Crippen molar-refractivity contribution in [2.45, 2.75) is 12.4 Å². The molecule has 41 heavy (non-hydrogen) atoms. The third-order valence-corrected chi connectivity index (χ3v) is 4.97. The molecule has 208 valence electrons. The summed E-state index contributed by atoms with van der Waals surface area (Å²) in [7, 11) is 0. The zero-order chi connectivity index (χ0) is 30.4. The summed E-state index contributed by atoms with van der Waals surface area (Å²) in [6, 6.07) is 14.4. The van der Waals surface area contributed by atoms with Gasteiger partial charge in [-0.1, -0.05) is 36.8 Å². The highest BCUT2D eigenvalue weighted by Gasteiger charge is 2.39. The van der Waals surface area contributed by atoms with Crippen molar-refractivity contribution in [1.82, 2.24) is 0 Å². The van der Waals surface area contributed by atoms with Gasteiger partial charge in [0.2, 0.25) is 0 Å². The van der Waals surface area contributed by atoms with E-state index in [0.717, 1.165) is 6.07 Å². The van der Waals surface area contributed by atoms with Gasteiger partial charge in [-0.15, -0.1) is 0 Å². The van der Waals surface area contributed by atoms with Crippen LogP contribution in [0.5, 0.6) is 11.5 Å². The van der Waals surface area contributed by atoms with Crippen molar-refractivity contribution in [1.29, 1.82) is 0 Å². The van der Waals surface area contributed by atoms with Crippen molar-refractivity contribution in [3.05, 3.63) is 119 Å². The van der Waals surface area contributed by atoms with Crippen LogP contribution in [0.3, 0.4) is 0 Å². The van der Waals surface area contributed by atoms with Crippen molar-refractivity contribution in [3.63, 3.8) is 0 Å². The Balaban J connectivity index is 1.63. The molecule has 0 radical (unpaired) electrons. The second-order valence-corrected chi connectivity index (χ2v) is 7.98. The standard InChI is InChI=1S/C30H15F7O4/c1-18(29(32,33)34)27(38)40-24-13-7-20(8-14-24)3-4-22-6-12-23(26(31)17-22)11-5-21-9-15-25(16-10-21)41-28(39)19(2)30(35,36)37/h6-10,12-17H,1-2H2. The predicted octanol–water partition coefficient (Wildman–Crippen LogP) is 6.67. The molecule has 11 heteroatoms. The summed E-state index contributed by atoms with van der Waals surface area (Å²) in [5.74, 6) is 6.44. The molecule has 0 aliphatic heterocycles. The number of halogens is 7. The quantitative estimate of drug-likeness (QED) is 0.115. The van der Waals surface area contributed by atoms with E-state index in [1.165, 1.54) is 60.7 Å². The lowest BCUT2D eigenvalue weighted by Gasteiger charge is -2.09. The van der Waals surface area contributed by atoms with E-state index < -0.39 is 41.3 Å². The second-order valence-electron chi connectivity index (χ2n) is 7.98. The number of alkyl halides is 6. The topological polar surface area (TPSA) is 52.6 Å². The lowest BCUT2D eigenvalue weighted by atomic mass is 10.1. The summed E-state index contributed by atoms with van der Waals surface area (Å²) < 4.78 is 98.8. The number of hydrogen-bond donors (Lipinski definition) is 0. The minimum absolute atomic E-state index is 0.0270. The van der Waals surface area contributed by atoms with Gasteiger partial charge in [0.1, 0.15) is 28.5 Å². The Kier molecular flexibility index (Phi) is 9.05. The van der Waals surface area contributed by atoms with Gasteiger partial charge in [-0.3, -0.25) is 0 Å². The molecular formula is C30H15F7O4. The molecule has 0 unspecified atom stereocenters. The Morgan fingerprint density at radius 3 is 1.34 bits per heavy atom. The van der Waals surface area contributed by atoms with E-state index >= 15 is 0 Å². The van der Waals surface area contributed by atoms with E-state index in [1.807, 2.05) is 0 Å². The Labute approximate surface area is 228 Å². The molecule has 4 nitrogen and oxygen atoms in total. The van der Waals surface area contributed by atoms with E-state index in [1.54, 1.807) is 0 Å². The number of hydrogen-bond acceptors (Lipinski definition) is 4. The smallest absolute Gasteiger partial charge is 0.422 e. The van der Waals surface area contributed by atoms with Crippen LogP contribution in [0.1, 0.15) is 22.3 Å². The Morgan fingerprint density at radius 1 is 0.585 bits per heavy atom. The first kappa shape index (κ1) is 30.3. The maximum absolute atomic E-state index is 14.5. The molecule has 0 heterocycles. The predicted molar refractivity (Wildman–Crippen MR) is 133 cm³/mol. The molecule has 0 amide bonds. The molecule has 0 aromatic heterocycles. The van der Waals surface area contributed by atoms with Crippen LogP contribution in [-0.2, 0) is 9.59 Å². The maximum Gasteiger partial charge on any atom is 0.422 e. The van der Waals surface area contributed by atoms with Gasteiger partial charge < -0.3 is 9.47 Å². The molecule has 3 aromatic carbocycles. The summed E-state index contributed by atoms with van der Waals surface area (Å²) in [6.45, 7) is 5.31. The Hall–Kier alpha value is -5.29. The van der Waals surface area contributed by atoms with Gasteiger partial charge in [0, 0.05) is 16.7 Å². The number of ether oxygens (including phenoxy) is 2. The average Bonchev–Trinajstić information content (AvgIpc) is 2.91. The van der Waals surface area contributed by atoms with Gasteiger partial charge in [-0.05, 0) is 66.7 Å². The van der Waals surface area contributed by atoms with E-state index in [4.69, 9.17) is 0 Å². The number of carbonyl (C=O) groups is 2. The molecule has 0 bridgehead atoms. The van der Waals surface area contributed by atoms with Crippen LogP contribution in [0.2, 0.25) is 0 Å². The highest BCUT2D eigenvalue weighted by atomic mass is 19.4. The van der Waals surface area contributed by atoms with Gasteiger partial charge >= 0.3 is 24.3 Å². The van der Waals surface area contributed by atoms with E-state index in [2.05, 4.69) is 46.3 Å². The fourth-order valence-corrected chi connectivity index (χ4v) is 2.76. The Bertz CT molecular complexity index is 1630. The highest BCUT2D eigenvalue weighted by molar-refractivity contribution is 5.91. The van der Waals surface area contributed by atoms with Crippen LogP contribution in [0.25, 0.3) is 0 Å². The summed E-state index contributed by atoms with van der Waals surface area (Å²) in [4.78, 5) is 22.9. The van der Waals surface area contributed by atoms with Crippen LogP contribution >= 0.6 is 0 Å². The summed E-state index contributed by atoms with van der Waals surface area (Å²) in [5, 5.41) is 0. The first-order valence-electron chi connectivity index (χ1n) is 11.1. The SMILES string of the molecule is C=C(C(=O)Oc1ccc(C#Cc2ccc(C#Cc3ccc(OC(=O)C(=C)C(F)(F)F)cc3)c(F)c2)cc1)C(F)(F)F. The van der Waals surface area contributed by atoms with E-state index in [-0.39, 0.29) is 22.6 Å². The zero-order valence-electron chi connectivity index (χ0n) is 20.5. The summed E-state index contributed by atoms with van der Waals surface area (Å²) in [6.07, 6.45) is -9.83. The van der Waals surface area contributed by atoms with Gasteiger partial charge in [0.25, 0.3) is 0 Å². The van der Waals surface area contributed by atoms with Crippen LogP contribution in [0.15, 0.2) is 91.0 Å². The molecule has 0 N–H and O–H groups in total. The normalized spacial score (nSPS) is 10.8. The fourth-order valence-electron chi connectivity index (χ4n) is 2.76. The average molecular weight is 572 g/mol. The second kappa shape index (κ2) is 12.3. The van der Waals surface area contributed by atoms with Gasteiger partial charge in [0.15, 0.2) is 0 Å². The third kappa shape index (κ3) is 8.60. The molecule has 3 rings (SSSR count). The molecule has 0 aliphatic carbocycles. The first-order chi connectivity index (χ1) is 19.1. The maximum atomic E-state index is 14.5. The van der Waals surface area contributed by atoms with Crippen molar-refractivity contribution in [2.24, 2.45) is 0 Å². The Morgan fingerprint density at radius 2 is 0.951 bits per heavy atom. The number of esters is 2. The molecule has 0 atom stereocenters. The van der Waals surface area contributed by atoms with Crippen LogP contribution in [-0.4, -0.2) is 24.3 Å². The number of benzene rings is 3.